The number of carbonyl (C=O) groups is 1. The van der Waals surface area contributed by atoms with Crippen LogP contribution in [0.5, 0.6) is 0 Å². The number of likely N-dealkylation sites (tertiary alicyclic amines) is 1. The molecule has 2 unspecified atom stereocenters. The van der Waals surface area contributed by atoms with Crippen molar-refractivity contribution in [3.8, 4) is 0 Å². The van der Waals surface area contributed by atoms with Crippen LogP contribution >= 0.6 is 0 Å². The molecule has 0 saturated carbocycles. The molecule has 3 rings (SSSR count). The van der Waals surface area contributed by atoms with Gasteiger partial charge in [0.25, 0.3) is 0 Å². The van der Waals surface area contributed by atoms with Crippen LogP contribution < -0.4 is 4.90 Å². The predicted octanol–water partition coefficient (Wildman–Crippen LogP) is 1.01. The van der Waals surface area contributed by atoms with Crippen molar-refractivity contribution in [2.24, 2.45) is 5.92 Å². The number of piperidine rings is 1. The summed E-state index contributed by atoms with van der Waals surface area (Å²) in [5, 5.41) is 9.98. The average molecular weight is 317 g/mol. The average Bonchev–Trinajstić information content (AvgIpc) is 3.03. The predicted molar refractivity (Wildman–Crippen MR) is 88.1 cm³/mol. The SMILES string of the molecule is CC1CCN(C(=O)CCO)CC1N(C)c1ncnc2[nH]ccc12. The number of aromatic amines is 1. The minimum absolute atomic E-state index is 0.0206. The first-order valence-electron chi connectivity index (χ1n) is 8.01. The molecule has 7 heteroatoms. The van der Waals surface area contributed by atoms with Gasteiger partial charge in [0.05, 0.1) is 18.0 Å². The van der Waals surface area contributed by atoms with E-state index in [0.29, 0.717) is 12.5 Å². The molecule has 0 aromatic carbocycles. The lowest BCUT2D eigenvalue weighted by Gasteiger charge is -2.42. The minimum atomic E-state index is -0.0960. The van der Waals surface area contributed by atoms with Crippen molar-refractivity contribution < 1.29 is 9.90 Å². The number of nitrogens with one attached hydrogen (secondary N) is 1. The molecule has 124 valence electrons. The number of aromatic nitrogens is 3. The summed E-state index contributed by atoms with van der Waals surface area (Å²) in [5.41, 5.74) is 0.818. The highest BCUT2D eigenvalue weighted by molar-refractivity contribution is 5.87. The smallest absolute Gasteiger partial charge is 0.224 e. The van der Waals surface area contributed by atoms with Crippen LogP contribution in [0.15, 0.2) is 18.6 Å². The Morgan fingerprint density at radius 3 is 3.13 bits per heavy atom. The standard InChI is InChI=1S/C16H23N5O2/c1-11-4-7-21(14(23)5-8-22)9-13(11)20(2)16-12-3-6-17-15(12)18-10-19-16/h3,6,10-11,13,22H,4-5,7-9H2,1-2H3,(H,17,18,19). The van der Waals surface area contributed by atoms with E-state index in [2.05, 4.69) is 26.8 Å². The molecule has 1 aliphatic heterocycles. The van der Waals surface area contributed by atoms with Crippen LogP contribution in [-0.4, -0.2) is 63.7 Å². The van der Waals surface area contributed by atoms with E-state index in [1.807, 2.05) is 24.2 Å². The Balaban J connectivity index is 1.83. The highest BCUT2D eigenvalue weighted by Gasteiger charge is 2.32. The fraction of sp³-hybridized carbons (Fsp3) is 0.562. The molecule has 2 atom stereocenters. The molecule has 23 heavy (non-hydrogen) atoms. The van der Waals surface area contributed by atoms with Gasteiger partial charge >= 0.3 is 0 Å². The molecule has 2 aromatic rings. The number of H-pyrrole nitrogens is 1. The number of likely N-dealkylation sites (N-methyl/N-ethyl adjacent to an activating group) is 1. The third-order valence-corrected chi connectivity index (χ3v) is 4.76. The number of rotatable bonds is 4. The summed E-state index contributed by atoms with van der Waals surface area (Å²) in [5.74, 6) is 1.36. The molecular weight excluding hydrogens is 294 g/mol. The van der Waals surface area contributed by atoms with Crippen molar-refractivity contribution in [2.75, 3.05) is 31.6 Å². The molecule has 0 bridgehead atoms. The van der Waals surface area contributed by atoms with Gasteiger partial charge in [-0.1, -0.05) is 6.92 Å². The minimum Gasteiger partial charge on any atom is -0.396 e. The maximum absolute atomic E-state index is 12.1. The summed E-state index contributed by atoms with van der Waals surface area (Å²) in [7, 11) is 2.02. The van der Waals surface area contributed by atoms with E-state index < -0.39 is 0 Å². The second-order valence-corrected chi connectivity index (χ2v) is 6.19. The number of anilines is 1. The number of carbonyl (C=O) groups excluding carboxylic acids is 1. The number of fused-ring (bicyclic) bond motifs is 1. The van der Waals surface area contributed by atoms with E-state index in [0.717, 1.165) is 29.8 Å². The zero-order valence-electron chi connectivity index (χ0n) is 13.6. The molecule has 1 saturated heterocycles. The quantitative estimate of drug-likeness (QED) is 0.879. The second-order valence-electron chi connectivity index (χ2n) is 6.19. The van der Waals surface area contributed by atoms with Gasteiger partial charge < -0.3 is 19.9 Å². The summed E-state index contributed by atoms with van der Waals surface area (Å²) in [4.78, 5) is 27.9. The van der Waals surface area contributed by atoms with Crippen LogP contribution in [0.3, 0.4) is 0 Å². The van der Waals surface area contributed by atoms with Gasteiger partial charge in [0.1, 0.15) is 17.8 Å². The van der Waals surface area contributed by atoms with Crippen LogP contribution in [0, 0.1) is 5.92 Å². The maximum Gasteiger partial charge on any atom is 0.224 e. The van der Waals surface area contributed by atoms with Crippen molar-refractivity contribution in [1.29, 1.82) is 0 Å². The fourth-order valence-electron chi connectivity index (χ4n) is 3.33. The fourth-order valence-corrected chi connectivity index (χ4v) is 3.33. The van der Waals surface area contributed by atoms with Gasteiger partial charge in [-0.3, -0.25) is 4.79 Å². The molecule has 3 heterocycles. The molecule has 7 nitrogen and oxygen atoms in total. The van der Waals surface area contributed by atoms with Crippen molar-refractivity contribution in [3.05, 3.63) is 18.6 Å². The molecule has 2 N–H and O–H groups in total. The zero-order valence-corrected chi connectivity index (χ0v) is 13.6. The molecular formula is C16H23N5O2. The number of hydrogen-bond donors (Lipinski definition) is 2. The van der Waals surface area contributed by atoms with Gasteiger partial charge in [-0.25, -0.2) is 9.97 Å². The van der Waals surface area contributed by atoms with Crippen molar-refractivity contribution in [2.45, 2.75) is 25.8 Å². The first-order valence-corrected chi connectivity index (χ1v) is 8.01. The van der Waals surface area contributed by atoms with Crippen LogP contribution in [0.1, 0.15) is 19.8 Å². The lowest BCUT2D eigenvalue weighted by atomic mass is 9.92. The van der Waals surface area contributed by atoms with Gasteiger partial charge in [0, 0.05) is 32.8 Å². The number of nitrogens with zero attached hydrogens (tertiary/aromatic N) is 4. The first kappa shape index (κ1) is 15.7. The van der Waals surface area contributed by atoms with E-state index >= 15 is 0 Å². The molecule has 1 aliphatic rings. The Morgan fingerprint density at radius 1 is 1.52 bits per heavy atom. The van der Waals surface area contributed by atoms with Crippen molar-refractivity contribution in [1.82, 2.24) is 19.9 Å². The van der Waals surface area contributed by atoms with Gasteiger partial charge in [0.15, 0.2) is 0 Å². The summed E-state index contributed by atoms with van der Waals surface area (Å²) in [6, 6.07) is 2.17. The summed E-state index contributed by atoms with van der Waals surface area (Å²) < 4.78 is 0. The van der Waals surface area contributed by atoms with E-state index in [4.69, 9.17) is 5.11 Å². The van der Waals surface area contributed by atoms with Crippen molar-refractivity contribution in [3.63, 3.8) is 0 Å². The van der Waals surface area contributed by atoms with Crippen LogP contribution in [0.25, 0.3) is 11.0 Å². The Bertz CT molecular complexity index is 686. The normalized spacial score (nSPS) is 21.6. The van der Waals surface area contributed by atoms with Gasteiger partial charge in [-0.15, -0.1) is 0 Å². The number of amides is 1. The third-order valence-electron chi connectivity index (χ3n) is 4.76. The molecule has 0 aliphatic carbocycles. The summed E-state index contributed by atoms with van der Waals surface area (Å²) in [6.45, 7) is 3.53. The van der Waals surface area contributed by atoms with E-state index in [1.54, 1.807) is 6.33 Å². The lowest BCUT2D eigenvalue weighted by Crippen LogP contribution is -2.53. The zero-order chi connectivity index (χ0) is 16.4. The summed E-state index contributed by atoms with van der Waals surface area (Å²) >= 11 is 0. The second kappa shape index (κ2) is 6.54. The number of aliphatic hydroxyl groups is 1. The Labute approximate surface area is 135 Å². The Kier molecular flexibility index (Phi) is 4.47. The number of aliphatic hydroxyl groups excluding tert-OH is 1. The lowest BCUT2D eigenvalue weighted by molar-refractivity contribution is -0.133. The third kappa shape index (κ3) is 3.01. The van der Waals surface area contributed by atoms with Gasteiger partial charge in [-0.05, 0) is 18.4 Å². The van der Waals surface area contributed by atoms with Crippen LogP contribution in [0.2, 0.25) is 0 Å². The Hall–Kier alpha value is -2.15. The Morgan fingerprint density at radius 2 is 2.35 bits per heavy atom. The first-order chi connectivity index (χ1) is 11.1. The monoisotopic (exact) mass is 317 g/mol. The molecule has 2 aromatic heterocycles. The van der Waals surface area contributed by atoms with Crippen LogP contribution in [-0.2, 0) is 4.79 Å². The van der Waals surface area contributed by atoms with E-state index in [9.17, 15) is 4.79 Å². The highest BCUT2D eigenvalue weighted by atomic mass is 16.3. The van der Waals surface area contributed by atoms with Crippen LogP contribution in [0.4, 0.5) is 5.82 Å². The largest absolute Gasteiger partial charge is 0.396 e. The molecule has 1 fully saturated rings. The van der Waals surface area contributed by atoms with E-state index in [-0.39, 0.29) is 25.0 Å². The van der Waals surface area contributed by atoms with Gasteiger partial charge in [-0.2, -0.15) is 0 Å². The molecule has 0 radical (unpaired) electrons. The van der Waals surface area contributed by atoms with E-state index in [1.165, 1.54) is 0 Å². The highest BCUT2D eigenvalue weighted by Crippen LogP contribution is 2.28. The topological polar surface area (TPSA) is 85.3 Å². The summed E-state index contributed by atoms with van der Waals surface area (Å²) in [6.07, 6.45) is 4.57. The van der Waals surface area contributed by atoms with Crippen molar-refractivity contribution >= 4 is 22.8 Å². The number of hydrogen-bond acceptors (Lipinski definition) is 5. The molecule has 1 amide bonds. The maximum atomic E-state index is 12.1. The molecule has 0 spiro atoms. The van der Waals surface area contributed by atoms with Gasteiger partial charge in [0.2, 0.25) is 5.91 Å².